The van der Waals surface area contributed by atoms with Gasteiger partial charge in [-0.15, -0.1) is 0 Å². The molecule has 3 nitrogen and oxygen atoms in total. The van der Waals surface area contributed by atoms with Crippen molar-refractivity contribution in [1.29, 1.82) is 0 Å². The van der Waals surface area contributed by atoms with Crippen molar-refractivity contribution in [2.24, 2.45) is 11.3 Å². The molecule has 1 heterocycles. The lowest BCUT2D eigenvalue weighted by Gasteiger charge is -2.31. The van der Waals surface area contributed by atoms with Crippen LogP contribution in [0.15, 0.2) is 0 Å². The van der Waals surface area contributed by atoms with Crippen molar-refractivity contribution in [2.45, 2.75) is 51.6 Å². The van der Waals surface area contributed by atoms with Gasteiger partial charge in [0.05, 0.1) is 12.7 Å². The number of rotatable bonds is 9. The first-order valence-electron chi connectivity index (χ1n) is 7.56. The van der Waals surface area contributed by atoms with Gasteiger partial charge in [0.15, 0.2) is 0 Å². The Balaban J connectivity index is 1.70. The third kappa shape index (κ3) is 4.22. The highest BCUT2D eigenvalue weighted by Gasteiger charge is 2.41. The quantitative estimate of drug-likeness (QED) is 0.642. The maximum Gasteiger partial charge on any atom is 0.0587 e. The molecular weight excluding hydrogens is 226 g/mol. The van der Waals surface area contributed by atoms with Crippen LogP contribution in [0.25, 0.3) is 0 Å². The zero-order valence-electron chi connectivity index (χ0n) is 12.0. The van der Waals surface area contributed by atoms with Gasteiger partial charge in [-0.3, -0.25) is 0 Å². The molecule has 2 rings (SSSR count). The minimum absolute atomic E-state index is 0.472. The summed E-state index contributed by atoms with van der Waals surface area (Å²) >= 11 is 0. The number of ether oxygens (including phenoxy) is 2. The van der Waals surface area contributed by atoms with Gasteiger partial charge < -0.3 is 14.8 Å². The van der Waals surface area contributed by atoms with Gasteiger partial charge in [-0.2, -0.15) is 0 Å². The van der Waals surface area contributed by atoms with E-state index in [0.717, 1.165) is 32.2 Å². The van der Waals surface area contributed by atoms with Gasteiger partial charge >= 0.3 is 0 Å². The molecule has 0 aromatic carbocycles. The summed E-state index contributed by atoms with van der Waals surface area (Å²) in [5.41, 5.74) is 0.472. The Morgan fingerprint density at radius 1 is 1.33 bits per heavy atom. The highest BCUT2D eigenvalue weighted by Crippen LogP contribution is 2.48. The molecule has 0 spiro atoms. The van der Waals surface area contributed by atoms with Crippen LogP contribution in [0.3, 0.4) is 0 Å². The fourth-order valence-electron chi connectivity index (χ4n) is 3.13. The predicted octanol–water partition coefficient (Wildman–Crippen LogP) is 2.60. The highest BCUT2D eigenvalue weighted by atomic mass is 16.5. The Morgan fingerprint density at radius 3 is 2.78 bits per heavy atom. The maximum atomic E-state index is 5.75. The van der Waals surface area contributed by atoms with Crippen LogP contribution in [0.5, 0.6) is 0 Å². The normalized spacial score (nSPS) is 27.3. The van der Waals surface area contributed by atoms with E-state index in [1.807, 2.05) is 0 Å². The summed E-state index contributed by atoms with van der Waals surface area (Å²) in [5, 5.41) is 3.56. The molecular formula is C15H29NO2. The molecule has 1 aliphatic carbocycles. The van der Waals surface area contributed by atoms with Crippen molar-refractivity contribution < 1.29 is 9.47 Å². The van der Waals surface area contributed by atoms with Gasteiger partial charge in [0.1, 0.15) is 0 Å². The first kappa shape index (κ1) is 14.3. The molecule has 1 saturated carbocycles. The first-order valence-corrected chi connectivity index (χ1v) is 7.56. The second kappa shape index (κ2) is 6.88. The van der Waals surface area contributed by atoms with E-state index in [1.165, 1.54) is 38.5 Å². The molecule has 0 aromatic heterocycles. The molecule has 1 saturated heterocycles. The van der Waals surface area contributed by atoms with Crippen molar-refractivity contribution in [1.82, 2.24) is 5.32 Å². The zero-order valence-corrected chi connectivity index (χ0v) is 12.0. The van der Waals surface area contributed by atoms with E-state index >= 15 is 0 Å². The Kier molecular flexibility index (Phi) is 5.46. The fraction of sp³-hybridized carbons (Fsp3) is 1.00. The summed E-state index contributed by atoms with van der Waals surface area (Å²) in [5.74, 6) is 0.939. The van der Waals surface area contributed by atoms with Gasteiger partial charge in [-0.1, -0.05) is 6.92 Å². The highest BCUT2D eigenvalue weighted by molar-refractivity contribution is 4.93. The van der Waals surface area contributed by atoms with Crippen molar-refractivity contribution in [3.05, 3.63) is 0 Å². The zero-order chi connectivity index (χ0) is 12.8. The van der Waals surface area contributed by atoms with E-state index in [9.17, 15) is 0 Å². The average Bonchev–Trinajstić information content (AvgIpc) is 3.11. The van der Waals surface area contributed by atoms with Crippen LogP contribution in [0.4, 0.5) is 0 Å². The SMILES string of the molecule is COCCNCC(C)(CCC1CCCO1)C1CC1. The molecule has 2 aliphatic rings. The van der Waals surface area contributed by atoms with E-state index in [-0.39, 0.29) is 0 Å². The lowest BCUT2D eigenvalue weighted by atomic mass is 9.79. The van der Waals surface area contributed by atoms with E-state index in [0.29, 0.717) is 11.5 Å². The minimum atomic E-state index is 0.472. The average molecular weight is 255 g/mol. The molecule has 2 fully saturated rings. The topological polar surface area (TPSA) is 30.5 Å². The lowest BCUT2D eigenvalue weighted by molar-refractivity contribution is 0.0848. The van der Waals surface area contributed by atoms with Crippen molar-refractivity contribution in [2.75, 3.05) is 33.4 Å². The number of nitrogens with one attached hydrogen (secondary N) is 1. The Hall–Kier alpha value is -0.120. The monoisotopic (exact) mass is 255 g/mol. The van der Waals surface area contributed by atoms with Gasteiger partial charge in [-0.25, -0.2) is 0 Å². The molecule has 2 atom stereocenters. The van der Waals surface area contributed by atoms with E-state index < -0.39 is 0 Å². The van der Waals surface area contributed by atoms with E-state index in [1.54, 1.807) is 7.11 Å². The van der Waals surface area contributed by atoms with Gasteiger partial charge in [0.25, 0.3) is 0 Å². The van der Waals surface area contributed by atoms with Gasteiger partial charge in [0.2, 0.25) is 0 Å². The third-order valence-electron chi connectivity index (χ3n) is 4.64. The first-order chi connectivity index (χ1) is 8.74. The summed E-state index contributed by atoms with van der Waals surface area (Å²) in [6.45, 7) is 6.36. The predicted molar refractivity (Wildman–Crippen MR) is 73.8 cm³/mol. The van der Waals surface area contributed by atoms with E-state index in [4.69, 9.17) is 9.47 Å². The smallest absolute Gasteiger partial charge is 0.0587 e. The van der Waals surface area contributed by atoms with Crippen LogP contribution in [-0.4, -0.2) is 39.5 Å². The van der Waals surface area contributed by atoms with Crippen LogP contribution in [0.2, 0.25) is 0 Å². The molecule has 0 amide bonds. The molecule has 0 aromatic rings. The summed E-state index contributed by atoms with van der Waals surface area (Å²) in [6, 6.07) is 0. The number of hydrogen-bond acceptors (Lipinski definition) is 3. The van der Waals surface area contributed by atoms with Crippen LogP contribution >= 0.6 is 0 Å². The molecule has 18 heavy (non-hydrogen) atoms. The minimum Gasteiger partial charge on any atom is -0.383 e. The van der Waals surface area contributed by atoms with Gasteiger partial charge in [0, 0.05) is 26.8 Å². The molecule has 0 bridgehead atoms. The summed E-state index contributed by atoms with van der Waals surface area (Å²) < 4.78 is 10.8. The van der Waals surface area contributed by atoms with Crippen molar-refractivity contribution >= 4 is 0 Å². The van der Waals surface area contributed by atoms with Gasteiger partial charge in [-0.05, 0) is 49.9 Å². The van der Waals surface area contributed by atoms with Crippen molar-refractivity contribution in [3.63, 3.8) is 0 Å². The van der Waals surface area contributed by atoms with Crippen LogP contribution in [-0.2, 0) is 9.47 Å². The van der Waals surface area contributed by atoms with Crippen LogP contribution < -0.4 is 5.32 Å². The van der Waals surface area contributed by atoms with Crippen LogP contribution in [0.1, 0.15) is 45.4 Å². The van der Waals surface area contributed by atoms with Crippen molar-refractivity contribution in [3.8, 4) is 0 Å². The summed E-state index contributed by atoms with van der Waals surface area (Å²) in [6.07, 6.45) is 8.49. The molecule has 0 radical (unpaired) electrons. The molecule has 1 N–H and O–H groups in total. The Labute approximate surface area is 112 Å². The maximum absolute atomic E-state index is 5.75. The molecule has 1 aliphatic heterocycles. The largest absolute Gasteiger partial charge is 0.383 e. The summed E-state index contributed by atoms with van der Waals surface area (Å²) in [4.78, 5) is 0. The lowest BCUT2D eigenvalue weighted by Crippen LogP contribution is -2.36. The molecule has 106 valence electrons. The van der Waals surface area contributed by atoms with E-state index in [2.05, 4.69) is 12.2 Å². The molecule has 3 heteroatoms. The molecule has 2 unspecified atom stereocenters. The number of hydrogen-bond donors (Lipinski definition) is 1. The second-order valence-corrected chi connectivity index (χ2v) is 6.27. The Bertz CT molecular complexity index is 237. The Morgan fingerprint density at radius 2 is 2.17 bits per heavy atom. The second-order valence-electron chi connectivity index (χ2n) is 6.27. The van der Waals surface area contributed by atoms with Crippen LogP contribution in [0, 0.1) is 11.3 Å². The third-order valence-corrected chi connectivity index (χ3v) is 4.64. The number of methoxy groups -OCH3 is 1. The summed E-state index contributed by atoms with van der Waals surface area (Å²) in [7, 11) is 1.76. The standard InChI is InChI=1S/C15H29NO2/c1-15(13-5-6-13,12-16-9-11-17-2)8-7-14-4-3-10-18-14/h13-14,16H,3-12H2,1-2H3. The fourth-order valence-corrected chi connectivity index (χ4v) is 3.13.